The maximum Gasteiger partial charge on any atom is 0.191 e. The van der Waals surface area contributed by atoms with Crippen molar-refractivity contribution in [3.63, 3.8) is 0 Å². The van der Waals surface area contributed by atoms with Gasteiger partial charge in [0.05, 0.1) is 6.26 Å². The molecule has 3 aliphatic rings. The number of aliphatic imine (C=N–C) groups is 1. The van der Waals surface area contributed by atoms with Crippen LogP contribution in [0, 0.1) is 11.8 Å². The molecule has 28 heavy (non-hydrogen) atoms. The minimum absolute atomic E-state index is 0. The summed E-state index contributed by atoms with van der Waals surface area (Å²) in [4.78, 5) is 7.49. The zero-order chi connectivity index (χ0) is 18.6. The normalized spacial score (nSPS) is 28.5. The monoisotopic (exact) mass is 500 g/mol. The number of piperidine rings is 1. The minimum atomic E-state index is 0. The molecule has 1 aliphatic heterocycles. The number of hydrogen-bond donors (Lipinski definition) is 2. The molecule has 4 rings (SSSR count). The largest absolute Gasteiger partial charge is 0.469 e. The molecule has 0 amide bonds. The molecular weight excluding hydrogens is 463 g/mol. The molecule has 0 spiro atoms. The Morgan fingerprint density at radius 1 is 1.18 bits per heavy atom. The molecule has 0 aromatic carbocycles. The molecule has 6 heteroatoms. The predicted octanol–water partition coefficient (Wildman–Crippen LogP) is 4.04. The summed E-state index contributed by atoms with van der Waals surface area (Å²) < 4.78 is 5.46. The lowest BCUT2D eigenvalue weighted by Crippen LogP contribution is -2.52. The Morgan fingerprint density at radius 2 is 2.00 bits per heavy atom. The van der Waals surface area contributed by atoms with E-state index in [0.29, 0.717) is 18.1 Å². The molecule has 2 aliphatic carbocycles. The van der Waals surface area contributed by atoms with E-state index < -0.39 is 0 Å². The second kappa shape index (κ2) is 10.3. The quantitative estimate of drug-likeness (QED) is 0.352. The van der Waals surface area contributed by atoms with E-state index in [1.165, 1.54) is 51.6 Å². The summed E-state index contributed by atoms with van der Waals surface area (Å²) >= 11 is 0. The van der Waals surface area contributed by atoms with Gasteiger partial charge in [0.15, 0.2) is 5.96 Å². The van der Waals surface area contributed by atoms with Crippen LogP contribution in [0.2, 0.25) is 0 Å². The van der Waals surface area contributed by atoms with Gasteiger partial charge in [0.2, 0.25) is 0 Å². The number of nitrogens with zero attached hydrogens (tertiary/aromatic N) is 2. The molecule has 158 valence electrons. The fourth-order valence-electron chi connectivity index (χ4n) is 5.22. The van der Waals surface area contributed by atoms with Gasteiger partial charge >= 0.3 is 0 Å². The highest BCUT2D eigenvalue weighted by Crippen LogP contribution is 2.44. The van der Waals surface area contributed by atoms with Gasteiger partial charge in [-0.25, -0.2) is 0 Å². The van der Waals surface area contributed by atoms with Crippen LogP contribution in [0.25, 0.3) is 0 Å². The van der Waals surface area contributed by atoms with Crippen LogP contribution in [-0.4, -0.2) is 48.6 Å². The maximum absolute atomic E-state index is 5.46. The van der Waals surface area contributed by atoms with Crippen molar-refractivity contribution in [2.24, 2.45) is 16.8 Å². The molecule has 2 bridgehead atoms. The molecule has 2 N–H and O–H groups in total. The van der Waals surface area contributed by atoms with E-state index in [9.17, 15) is 0 Å². The Labute approximate surface area is 187 Å². The average molecular weight is 500 g/mol. The van der Waals surface area contributed by atoms with Crippen molar-refractivity contribution in [3.05, 3.63) is 24.2 Å². The van der Waals surface area contributed by atoms with Crippen LogP contribution in [-0.2, 0) is 6.42 Å². The smallest absolute Gasteiger partial charge is 0.191 e. The van der Waals surface area contributed by atoms with Crippen LogP contribution in [0.1, 0.15) is 58.1 Å². The predicted molar refractivity (Wildman–Crippen MR) is 125 cm³/mol. The number of guanidine groups is 1. The van der Waals surface area contributed by atoms with Gasteiger partial charge in [0.1, 0.15) is 5.76 Å². The van der Waals surface area contributed by atoms with E-state index in [1.807, 2.05) is 12.1 Å². The molecule has 2 saturated carbocycles. The Morgan fingerprint density at radius 3 is 2.61 bits per heavy atom. The van der Waals surface area contributed by atoms with E-state index in [-0.39, 0.29) is 24.0 Å². The Bertz CT molecular complexity index is 610. The molecule has 1 aromatic rings. The summed E-state index contributed by atoms with van der Waals surface area (Å²) in [7, 11) is 0. The van der Waals surface area contributed by atoms with Crippen LogP contribution >= 0.6 is 24.0 Å². The van der Waals surface area contributed by atoms with E-state index >= 15 is 0 Å². The highest BCUT2D eigenvalue weighted by atomic mass is 127. The van der Waals surface area contributed by atoms with Gasteiger partial charge in [-0.2, -0.15) is 0 Å². The Hall–Kier alpha value is -0.760. The van der Waals surface area contributed by atoms with Crippen LogP contribution in [0.15, 0.2) is 27.8 Å². The maximum atomic E-state index is 5.46. The minimum Gasteiger partial charge on any atom is -0.469 e. The number of halogens is 1. The van der Waals surface area contributed by atoms with E-state index in [4.69, 9.17) is 9.41 Å². The number of rotatable bonds is 6. The second-order valence-electron chi connectivity index (χ2n) is 9.03. The molecule has 0 radical (unpaired) electrons. The molecule has 3 fully saturated rings. The van der Waals surface area contributed by atoms with Crippen molar-refractivity contribution >= 4 is 29.9 Å². The third-order valence-corrected chi connectivity index (χ3v) is 6.87. The van der Waals surface area contributed by atoms with Crippen molar-refractivity contribution in [1.82, 2.24) is 15.5 Å². The summed E-state index contributed by atoms with van der Waals surface area (Å²) in [6, 6.07) is 5.80. The molecule has 3 atom stereocenters. The van der Waals surface area contributed by atoms with Crippen LogP contribution in [0.4, 0.5) is 0 Å². The van der Waals surface area contributed by atoms with Crippen molar-refractivity contribution in [3.8, 4) is 0 Å². The number of nitrogens with one attached hydrogen (secondary N) is 2. The van der Waals surface area contributed by atoms with Crippen LogP contribution < -0.4 is 10.6 Å². The van der Waals surface area contributed by atoms with Crippen molar-refractivity contribution in [2.45, 2.75) is 76.9 Å². The Balaban J connectivity index is 0.00000225. The summed E-state index contributed by atoms with van der Waals surface area (Å²) in [5.74, 6) is 3.85. The highest BCUT2D eigenvalue weighted by Gasteiger charge is 2.40. The third kappa shape index (κ3) is 5.65. The second-order valence-corrected chi connectivity index (χ2v) is 9.03. The van der Waals surface area contributed by atoms with Gasteiger partial charge in [-0.3, -0.25) is 4.99 Å². The molecule has 2 heterocycles. The lowest BCUT2D eigenvalue weighted by atomic mass is 9.95. The first-order valence-corrected chi connectivity index (χ1v) is 11.0. The standard InChI is InChI=1S/C22H36N4O.HI/c1-16(2)26-11-8-19(9-12-26)24-22(23-10-7-20-4-3-13-27-20)25-21-15-17-5-6-18(21)14-17;/h3-4,13,16-19,21H,5-12,14-15H2,1-2H3,(H2,23,24,25);1H. The Kier molecular flexibility index (Phi) is 8.09. The van der Waals surface area contributed by atoms with E-state index in [2.05, 4.69) is 29.4 Å². The topological polar surface area (TPSA) is 52.8 Å². The number of furan rings is 1. The number of likely N-dealkylation sites (tertiary alicyclic amines) is 1. The summed E-state index contributed by atoms with van der Waals surface area (Å²) in [5.41, 5.74) is 0. The van der Waals surface area contributed by atoms with Gasteiger partial charge < -0.3 is 20.0 Å². The highest BCUT2D eigenvalue weighted by molar-refractivity contribution is 14.0. The fourth-order valence-corrected chi connectivity index (χ4v) is 5.22. The molecular formula is C22H37IN4O. The van der Waals surface area contributed by atoms with Gasteiger partial charge in [-0.15, -0.1) is 24.0 Å². The molecule has 1 aromatic heterocycles. The summed E-state index contributed by atoms with van der Waals surface area (Å²) in [5, 5.41) is 7.57. The van der Waals surface area contributed by atoms with Crippen LogP contribution in [0.5, 0.6) is 0 Å². The van der Waals surface area contributed by atoms with Crippen molar-refractivity contribution in [1.29, 1.82) is 0 Å². The molecule has 5 nitrogen and oxygen atoms in total. The molecule has 3 unspecified atom stereocenters. The lowest BCUT2D eigenvalue weighted by molar-refractivity contribution is 0.167. The van der Waals surface area contributed by atoms with Crippen LogP contribution in [0.3, 0.4) is 0 Å². The van der Waals surface area contributed by atoms with Crippen molar-refractivity contribution < 1.29 is 4.42 Å². The van der Waals surface area contributed by atoms with Gasteiger partial charge in [0.25, 0.3) is 0 Å². The summed E-state index contributed by atoms with van der Waals surface area (Å²) in [6.45, 7) is 7.73. The van der Waals surface area contributed by atoms with Gasteiger partial charge in [0, 0.05) is 44.2 Å². The van der Waals surface area contributed by atoms with Gasteiger partial charge in [-0.05, 0) is 69.9 Å². The lowest BCUT2D eigenvalue weighted by Gasteiger charge is -2.36. The van der Waals surface area contributed by atoms with E-state index in [0.717, 1.165) is 36.5 Å². The first-order chi connectivity index (χ1) is 13.2. The van der Waals surface area contributed by atoms with Crippen molar-refractivity contribution in [2.75, 3.05) is 19.6 Å². The zero-order valence-electron chi connectivity index (χ0n) is 17.4. The third-order valence-electron chi connectivity index (χ3n) is 6.87. The first-order valence-electron chi connectivity index (χ1n) is 11.0. The first kappa shape index (κ1) is 21.9. The fraction of sp³-hybridized carbons (Fsp3) is 0.773. The van der Waals surface area contributed by atoms with E-state index in [1.54, 1.807) is 6.26 Å². The number of fused-ring (bicyclic) bond motifs is 2. The SMILES string of the molecule is CC(C)N1CCC(NC(=NCCc2ccco2)NC2CC3CCC2C3)CC1.I. The zero-order valence-corrected chi connectivity index (χ0v) is 19.7. The summed E-state index contributed by atoms with van der Waals surface area (Å²) in [6.07, 6.45) is 10.6. The van der Waals surface area contributed by atoms with Gasteiger partial charge in [-0.1, -0.05) is 6.42 Å². The number of hydrogen-bond acceptors (Lipinski definition) is 3. The average Bonchev–Trinajstić information content (AvgIpc) is 3.40. The molecule has 1 saturated heterocycles.